The van der Waals surface area contributed by atoms with Crippen molar-refractivity contribution in [3.05, 3.63) is 58.3 Å². The van der Waals surface area contributed by atoms with E-state index >= 15 is 0 Å². The Balaban J connectivity index is 1.97. The second-order valence-corrected chi connectivity index (χ2v) is 10.0. The number of nitrogens with zero attached hydrogens (tertiary/aromatic N) is 2. The van der Waals surface area contributed by atoms with Crippen LogP contribution in [0.4, 0.5) is 0 Å². The highest BCUT2D eigenvalue weighted by atomic mass is 32.2. The number of esters is 1. The summed E-state index contributed by atoms with van der Waals surface area (Å²) in [6.45, 7) is 12.2. The number of allylic oxidation sites excluding steroid dienone is 1. The van der Waals surface area contributed by atoms with Gasteiger partial charge >= 0.3 is 5.97 Å². The third-order valence-electron chi connectivity index (χ3n) is 4.78. The molecule has 2 aliphatic heterocycles. The van der Waals surface area contributed by atoms with Crippen LogP contribution in [0.5, 0.6) is 0 Å². The fourth-order valence-corrected chi connectivity index (χ4v) is 4.42. The molecule has 1 atom stereocenters. The number of aliphatic imine (C=N–C) groups is 1. The summed E-state index contributed by atoms with van der Waals surface area (Å²) in [4.78, 5) is 32.5. The maximum Gasteiger partial charge on any atom is 0.338 e. The van der Waals surface area contributed by atoms with E-state index in [1.807, 2.05) is 68.3 Å². The van der Waals surface area contributed by atoms with E-state index in [9.17, 15) is 9.59 Å². The third-order valence-corrected chi connectivity index (χ3v) is 5.67. The van der Waals surface area contributed by atoms with Gasteiger partial charge in [-0.05, 0) is 44.6 Å². The van der Waals surface area contributed by atoms with Gasteiger partial charge in [-0.1, -0.05) is 55.9 Å². The number of carbonyl (C=O) groups excluding carboxylic acids is 2. The summed E-state index contributed by atoms with van der Waals surface area (Å²) < 4.78 is 5.73. The lowest BCUT2D eigenvalue weighted by Crippen LogP contribution is -2.39. The van der Waals surface area contributed by atoms with Crippen molar-refractivity contribution in [1.82, 2.24) is 10.2 Å². The normalized spacial score (nSPS) is 18.5. The fourth-order valence-electron chi connectivity index (χ4n) is 3.46. The van der Waals surface area contributed by atoms with Gasteiger partial charge in [0.1, 0.15) is 5.60 Å². The van der Waals surface area contributed by atoms with Crippen molar-refractivity contribution >= 4 is 28.8 Å². The first kappa shape index (κ1) is 23.1. The number of thioether (sulfide) groups is 1. The fraction of sp³-hybridized carbons (Fsp3) is 0.458. The molecule has 31 heavy (non-hydrogen) atoms. The Kier molecular flexibility index (Phi) is 6.94. The Bertz CT molecular complexity index is 943. The number of ether oxygens (including phenoxy) is 1. The lowest BCUT2D eigenvalue weighted by Gasteiger charge is -2.37. The average molecular weight is 442 g/mol. The van der Waals surface area contributed by atoms with Crippen LogP contribution in [0.1, 0.15) is 59.6 Å². The summed E-state index contributed by atoms with van der Waals surface area (Å²) in [7, 11) is 0. The molecule has 1 aromatic carbocycles. The van der Waals surface area contributed by atoms with Gasteiger partial charge in [-0.2, -0.15) is 0 Å². The first-order valence-electron chi connectivity index (χ1n) is 10.6. The molecule has 2 heterocycles. The Morgan fingerprint density at radius 3 is 2.52 bits per heavy atom. The van der Waals surface area contributed by atoms with E-state index in [2.05, 4.69) is 24.2 Å². The number of rotatable bonds is 6. The van der Waals surface area contributed by atoms with Gasteiger partial charge in [-0.3, -0.25) is 4.79 Å². The van der Waals surface area contributed by atoms with Crippen LogP contribution in [-0.2, 0) is 14.3 Å². The van der Waals surface area contributed by atoms with Crippen LogP contribution in [0.15, 0.2) is 57.7 Å². The van der Waals surface area contributed by atoms with Crippen LogP contribution in [0.2, 0.25) is 0 Å². The third kappa shape index (κ3) is 5.58. The first-order valence-corrected chi connectivity index (χ1v) is 11.4. The number of hydrogen-bond donors (Lipinski definition) is 1. The Morgan fingerprint density at radius 1 is 1.23 bits per heavy atom. The molecule has 0 unspecified atom stereocenters. The van der Waals surface area contributed by atoms with Gasteiger partial charge in [0.05, 0.1) is 23.7 Å². The summed E-state index contributed by atoms with van der Waals surface area (Å²) in [5.74, 6) is -0.0507. The van der Waals surface area contributed by atoms with Crippen LogP contribution in [0.25, 0.3) is 0 Å². The number of amides is 1. The molecular formula is C24H31N3O3S. The van der Waals surface area contributed by atoms with Crippen molar-refractivity contribution in [3.63, 3.8) is 0 Å². The van der Waals surface area contributed by atoms with Crippen LogP contribution in [0.3, 0.4) is 0 Å². The predicted molar refractivity (Wildman–Crippen MR) is 125 cm³/mol. The standard InChI is InChI=1S/C24H31N3O3S/c1-15(2)13-25-19(28)12-18-14-31-23-26-16(3)20(22(29)30-24(4,5)6)21(27(18)23)17-10-8-7-9-11-17/h7-11,14-15,21H,12-13H2,1-6H3,(H,25,28)/t21-/m1/s1. The highest BCUT2D eigenvalue weighted by Crippen LogP contribution is 2.45. The Hall–Kier alpha value is -2.54. The molecule has 0 aliphatic carbocycles. The van der Waals surface area contributed by atoms with Gasteiger partial charge in [-0.15, -0.1) is 0 Å². The average Bonchev–Trinajstić information content (AvgIpc) is 3.06. The van der Waals surface area contributed by atoms with Gasteiger partial charge in [0.25, 0.3) is 0 Å². The maximum absolute atomic E-state index is 13.2. The Morgan fingerprint density at radius 2 is 1.90 bits per heavy atom. The van der Waals surface area contributed by atoms with Crippen molar-refractivity contribution in [3.8, 4) is 0 Å². The number of nitrogens with one attached hydrogen (secondary N) is 1. The molecule has 6 nitrogen and oxygen atoms in total. The summed E-state index contributed by atoms with van der Waals surface area (Å²) in [6, 6.07) is 9.42. The number of amidine groups is 1. The van der Waals surface area contributed by atoms with E-state index in [4.69, 9.17) is 4.74 Å². The second-order valence-electron chi connectivity index (χ2n) is 9.18. The monoisotopic (exact) mass is 441 g/mol. The molecule has 1 aromatic rings. The quantitative estimate of drug-likeness (QED) is 0.644. The van der Waals surface area contributed by atoms with Gasteiger partial charge in [0.15, 0.2) is 5.17 Å². The molecule has 0 saturated heterocycles. The molecule has 0 spiro atoms. The summed E-state index contributed by atoms with van der Waals surface area (Å²) in [6.07, 6.45) is 0.225. The van der Waals surface area contributed by atoms with E-state index in [0.29, 0.717) is 23.7 Å². The molecule has 0 bridgehead atoms. The van der Waals surface area contributed by atoms with E-state index in [1.165, 1.54) is 11.8 Å². The topological polar surface area (TPSA) is 71.0 Å². The number of carbonyl (C=O) groups is 2. The molecular weight excluding hydrogens is 410 g/mol. The Labute approximate surface area is 188 Å². The maximum atomic E-state index is 13.2. The molecule has 0 radical (unpaired) electrons. The summed E-state index contributed by atoms with van der Waals surface area (Å²) in [5, 5.41) is 5.70. The van der Waals surface area contributed by atoms with Gasteiger partial charge in [0, 0.05) is 12.2 Å². The van der Waals surface area contributed by atoms with Crippen molar-refractivity contribution < 1.29 is 14.3 Å². The van der Waals surface area contributed by atoms with E-state index in [0.717, 1.165) is 16.4 Å². The summed E-state index contributed by atoms with van der Waals surface area (Å²) >= 11 is 1.48. The van der Waals surface area contributed by atoms with E-state index < -0.39 is 11.6 Å². The number of hydrogen-bond acceptors (Lipinski definition) is 6. The van der Waals surface area contributed by atoms with Crippen LogP contribution < -0.4 is 5.32 Å². The van der Waals surface area contributed by atoms with Gasteiger partial charge in [-0.25, -0.2) is 9.79 Å². The molecule has 0 fully saturated rings. The zero-order valence-corrected chi connectivity index (χ0v) is 19.9. The molecule has 0 saturated carbocycles. The smallest absolute Gasteiger partial charge is 0.338 e. The van der Waals surface area contributed by atoms with Crippen molar-refractivity contribution in [2.75, 3.05) is 6.54 Å². The minimum absolute atomic E-state index is 0.0429. The van der Waals surface area contributed by atoms with Crippen molar-refractivity contribution in [2.45, 2.75) is 59.6 Å². The zero-order valence-electron chi connectivity index (χ0n) is 19.1. The van der Waals surface area contributed by atoms with Crippen LogP contribution >= 0.6 is 11.8 Å². The second kappa shape index (κ2) is 9.30. The van der Waals surface area contributed by atoms with Crippen molar-refractivity contribution in [2.24, 2.45) is 10.9 Å². The van der Waals surface area contributed by atoms with Gasteiger partial charge in [0.2, 0.25) is 5.91 Å². The highest BCUT2D eigenvalue weighted by Gasteiger charge is 2.41. The highest BCUT2D eigenvalue weighted by molar-refractivity contribution is 8.16. The molecule has 0 aromatic heterocycles. The lowest BCUT2D eigenvalue weighted by molar-refractivity contribution is -0.150. The van der Waals surface area contributed by atoms with Crippen LogP contribution in [-0.4, -0.2) is 34.1 Å². The van der Waals surface area contributed by atoms with E-state index in [-0.39, 0.29) is 18.3 Å². The van der Waals surface area contributed by atoms with Crippen LogP contribution in [0, 0.1) is 5.92 Å². The zero-order chi connectivity index (χ0) is 22.8. The molecule has 1 N–H and O–H groups in total. The summed E-state index contributed by atoms with van der Waals surface area (Å²) in [5.41, 5.74) is 2.30. The molecule has 166 valence electrons. The minimum atomic E-state index is -0.620. The number of benzene rings is 1. The lowest BCUT2D eigenvalue weighted by atomic mass is 9.93. The first-order chi connectivity index (χ1) is 14.6. The largest absolute Gasteiger partial charge is 0.456 e. The molecule has 7 heteroatoms. The van der Waals surface area contributed by atoms with E-state index in [1.54, 1.807) is 0 Å². The molecule has 1 amide bonds. The van der Waals surface area contributed by atoms with Gasteiger partial charge < -0.3 is 15.0 Å². The molecule has 2 aliphatic rings. The SMILES string of the molecule is CC1=C(C(=O)OC(C)(C)C)[C@@H](c2ccccc2)N2C(CC(=O)NCC(C)C)=CSC2=N1. The molecule has 3 rings (SSSR count). The minimum Gasteiger partial charge on any atom is -0.456 e. The predicted octanol–water partition coefficient (Wildman–Crippen LogP) is 4.77. The number of fused-ring (bicyclic) bond motifs is 1. The van der Waals surface area contributed by atoms with Crippen molar-refractivity contribution in [1.29, 1.82) is 0 Å².